The van der Waals surface area contributed by atoms with E-state index < -0.39 is 0 Å². The minimum Gasteiger partial charge on any atom is -0.505 e. The van der Waals surface area contributed by atoms with E-state index >= 15 is 0 Å². The van der Waals surface area contributed by atoms with Crippen LogP contribution in [-0.2, 0) is 31.3 Å². The van der Waals surface area contributed by atoms with Crippen LogP contribution in [0.15, 0.2) is 60.8 Å². The number of nitrogens with zero attached hydrogens (tertiary/aromatic N) is 3. The fourth-order valence-corrected chi connectivity index (χ4v) is 6.39. The molecule has 6 rings (SSSR count). The van der Waals surface area contributed by atoms with Crippen molar-refractivity contribution in [2.24, 2.45) is 0 Å². The van der Waals surface area contributed by atoms with Crippen LogP contribution in [0.2, 0.25) is 0 Å². The van der Waals surface area contributed by atoms with Crippen LogP contribution in [0, 0.1) is 13.0 Å². The van der Waals surface area contributed by atoms with Crippen LogP contribution in [0.3, 0.4) is 0 Å². The molecule has 0 atom stereocenters. The molecule has 1 N–H and O–H groups in total. The molecule has 0 saturated heterocycles. The second-order valence-corrected chi connectivity index (χ2v) is 15.4. The number of pyridine rings is 2. The minimum absolute atomic E-state index is 0. The molecule has 0 aliphatic carbocycles. The summed E-state index contributed by atoms with van der Waals surface area (Å²) in [5, 5.41) is 14.8. The second kappa shape index (κ2) is 12.4. The maximum Gasteiger partial charge on any atom is 0.217 e. The maximum atomic E-state index is 11.5. The molecule has 47 heavy (non-hydrogen) atoms. The van der Waals surface area contributed by atoms with E-state index in [9.17, 15) is 5.11 Å². The van der Waals surface area contributed by atoms with Gasteiger partial charge in [-0.3, -0.25) is 0 Å². The topological polar surface area (TPSA) is 60.2 Å². The Kier molecular flexibility index (Phi) is 9.12. The molecule has 3 aromatic carbocycles. The van der Waals surface area contributed by atoms with Gasteiger partial charge in [-0.25, -0.2) is 9.97 Å². The second-order valence-electron chi connectivity index (χ2n) is 15.4. The van der Waals surface area contributed by atoms with E-state index in [1.165, 1.54) is 10.9 Å². The zero-order valence-electron chi connectivity index (χ0n) is 29.4. The normalized spacial score (nSPS) is 12.4. The van der Waals surface area contributed by atoms with E-state index in [1.807, 2.05) is 24.4 Å². The Labute approximate surface area is 293 Å². The van der Waals surface area contributed by atoms with Crippen LogP contribution >= 0.6 is 0 Å². The number of hydrogen-bond acceptors (Lipinski definition) is 4. The fourth-order valence-electron chi connectivity index (χ4n) is 6.39. The predicted molar refractivity (Wildman–Crippen MR) is 191 cm³/mol. The monoisotopic (exact) mass is 718 g/mol. The molecule has 0 saturated carbocycles. The Morgan fingerprint density at radius 2 is 1.49 bits per heavy atom. The molecule has 0 unspecified atom stereocenters. The van der Waals surface area contributed by atoms with Crippen LogP contribution in [0.25, 0.3) is 38.5 Å². The average Bonchev–Trinajstić information content (AvgIpc) is 3.28. The Morgan fingerprint density at radius 1 is 0.787 bits per heavy atom. The zero-order chi connectivity index (χ0) is 33.3. The molecule has 0 amide bonds. The van der Waals surface area contributed by atoms with Gasteiger partial charge >= 0.3 is 0 Å². The molecular formula is C41H46N3O2Pd-. The summed E-state index contributed by atoms with van der Waals surface area (Å²) in [5.41, 5.74) is 7.49. The first-order chi connectivity index (χ1) is 21.5. The van der Waals surface area contributed by atoms with Crippen LogP contribution in [0.5, 0.6) is 17.4 Å². The first-order valence-corrected chi connectivity index (χ1v) is 16.4. The van der Waals surface area contributed by atoms with Crippen LogP contribution in [0.4, 0.5) is 0 Å². The number of aryl methyl sites for hydroxylation is 1. The molecule has 0 aliphatic heterocycles. The van der Waals surface area contributed by atoms with E-state index in [0.29, 0.717) is 23.1 Å². The van der Waals surface area contributed by atoms with Gasteiger partial charge in [-0.2, -0.15) is 6.07 Å². The van der Waals surface area contributed by atoms with E-state index in [-0.39, 0.29) is 42.9 Å². The number of rotatable bonds is 5. The first-order valence-electron chi connectivity index (χ1n) is 16.4. The summed E-state index contributed by atoms with van der Waals surface area (Å²) in [6, 6.07) is 22.9. The van der Waals surface area contributed by atoms with Crippen LogP contribution in [-0.4, -0.2) is 19.6 Å². The third-order valence-electron chi connectivity index (χ3n) is 9.00. The van der Waals surface area contributed by atoms with E-state index in [2.05, 4.69) is 123 Å². The largest absolute Gasteiger partial charge is 0.505 e. The smallest absolute Gasteiger partial charge is 0.217 e. The van der Waals surface area contributed by atoms with Gasteiger partial charge in [0, 0.05) is 54.9 Å². The number of aromatic hydroxyl groups is 1. The number of fused-ring (bicyclic) bond motifs is 4. The van der Waals surface area contributed by atoms with Gasteiger partial charge < -0.3 is 14.4 Å². The van der Waals surface area contributed by atoms with Gasteiger partial charge in [0.05, 0.1) is 0 Å². The number of aromatic nitrogens is 3. The van der Waals surface area contributed by atoms with Crippen molar-refractivity contribution in [3.05, 3.63) is 94.7 Å². The molecular weight excluding hydrogens is 673 g/mol. The molecule has 0 bridgehead atoms. The first kappa shape index (κ1) is 34.6. The molecule has 0 fully saturated rings. The van der Waals surface area contributed by atoms with Crippen LogP contribution < -0.4 is 4.74 Å². The van der Waals surface area contributed by atoms with Gasteiger partial charge in [-0.05, 0) is 63.9 Å². The molecule has 248 valence electrons. The van der Waals surface area contributed by atoms with Gasteiger partial charge in [0.2, 0.25) is 5.88 Å². The van der Waals surface area contributed by atoms with Crippen molar-refractivity contribution in [3.8, 4) is 23.2 Å². The fraction of sp³-hybridized carbons (Fsp3) is 0.366. The van der Waals surface area contributed by atoms with E-state index in [4.69, 9.17) is 14.7 Å². The molecule has 6 heteroatoms. The van der Waals surface area contributed by atoms with Crippen molar-refractivity contribution in [3.63, 3.8) is 0 Å². The van der Waals surface area contributed by atoms with Gasteiger partial charge in [-0.15, -0.1) is 17.0 Å². The summed E-state index contributed by atoms with van der Waals surface area (Å²) in [6.45, 7) is 23.7. The Hall–Kier alpha value is -3.72. The Balaban J connectivity index is 0.00000433. The molecule has 3 heterocycles. The predicted octanol–water partition coefficient (Wildman–Crippen LogP) is 11.2. The van der Waals surface area contributed by atoms with Gasteiger partial charge in [0.1, 0.15) is 17.1 Å². The maximum absolute atomic E-state index is 11.5. The summed E-state index contributed by atoms with van der Waals surface area (Å²) in [7, 11) is 0. The van der Waals surface area contributed by atoms with E-state index in [1.54, 1.807) is 0 Å². The van der Waals surface area contributed by atoms with Gasteiger partial charge in [0.15, 0.2) is 0 Å². The molecule has 0 aliphatic rings. The van der Waals surface area contributed by atoms with Gasteiger partial charge in [-0.1, -0.05) is 105 Å². The van der Waals surface area contributed by atoms with Crippen molar-refractivity contribution in [2.45, 2.75) is 98.8 Å². The van der Waals surface area contributed by atoms with Crippen molar-refractivity contribution in [2.75, 3.05) is 0 Å². The quantitative estimate of drug-likeness (QED) is 0.142. The number of ether oxygens (including phenoxy) is 1. The average molecular weight is 719 g/mol. The van der Waals surface area contributed by atoms with Crippen molar-refractivity contribution >= 4 is 32.7 Å². The molecule has 6 aromatic rings. The molecule has 0 spiro atoms. The minimum atomic E-state index is -0.241. The third-order valence-corrected chi connectivity index (χ3v) is 9.00. The number of benzene rings is 3. The number of phenols is 1. The molecule has 5 nitrogen and oxygen atoms in total. The van der Waals surface area contributed by atoms with Crippen LogP contribution in [0.1, 0.15) is 109 Å². The summed E-state index contributed by atoms with van der Waals surface area (Å²) in [6.07, 6.45) is 1.86. The van der Waals surface area contributed by atoms with Crippen molar-refractivity contribution < 1.29 is 30.3 Å². The summed E-state index contributed by atoms with van der Waals surface area (Å²) < 4.78 is 8.95. The summed E-state index contributed by atoms with van der Waals surface area (Å²) >= 11 is 0. The Morgan fingerprint density at radius 3 is 2.11 bits per heavy atom. The zero-order valence-corrected chi connectivity index (χ0v) is 31.0. The third kappa shape index (κ3) is 6.31. The summed E-state index contributed by atoms with van der Waals surface area (Å²) in [5.74, 6) is 2.69. The Bertz CT molecular complexity index is 2130. The van der Waals surface area contributed by atoms with Gasteiger partial charge in [0.25, 0.3) is 0 Å². The van der Waals surface area contributed by atoms with Crippen molar-refractivity contribution in [1.82, 2.24) is 14.5 Å². The summed E-state index contributed by atoms with van der Waals surface area (Å²) in [4.78, 5) is 9.74. The standard InChI is InChI=1S/C41H46N3O2.Pd/c1-23(2)26-12-15-33-29(19-26)30-20-28(24(3)4)35(22-34(30)44(33)36-18-25(5)16-17-42-36)46-37-21-32(41(9,10)11)27-13-14-31(40(6,7)8)39(45)38(27)43-37;/h12-21,23-24,45H,1-11H3;/q-1;. The van der Waals surface area contributed by atoms with Crippen molar-refractivity contribution in [1.29, 1.82) is 0 Å². The number of phenolic OH excluding ortho intramolecular Hbond substituents is 1. The molecule has 0 radical (unpaired) electrons. The SMILES string of the molecule is Cc1ccnc(-n2c3[c-]c(Oc4cc(C(C)(C)C)c5ccc(C(C)(C)C)c(O)c5n4)c(C(C)C)cc3c3cc(C(C)C)ccc32)c1.[Pd]. The number of hydrogen-bond donors (Lipinski definition) is 1. The molecule has 3 aromatic heterocycles. The van der Waals surface area contributed by atoms with E-state index in [0.717, 1.165) is 49.9 Å².